The summed E-state index contributed by atoms with van der Waals surface area (Å²) in [6.07, 6.45) is 3.87. The molecule has 2 rings (SSSR count). The van der Waals surface area contributed by atoms with Crippen LogP contribution in [0.1, 0.15) is 12.5 Å². The lowest BCUT2D eigenvalue weighted by atomic mass is 10.2. The van der Waals surface area contributed by atoms with Gasteiger partial charge in [0.1, 0.15) is 0 Å². The van der Waals surface area contributed by atoms with Gasteiger partial charge in [-0.25, -0.2) is 4.79 Å². The Balaban J connectivity index is 1.74. The molecule has 27 heavy (non-hydrogen) atoms. The summed E-state index contributed by atoms with van der Waals surface area (Å²) < 4.78 is 5.05. The number of rotatable bonds is 8. The third kappa shape index (κ3) is 6.44. The molecule has 1 atom stereocenters. The number of thioether (sulfide) groups is 2. The Hall–Kier alpha value is -2.26. The fourth-order valence-corrected chi connectivity index (χ4v) is 3.34. The third-order valence-corrected chi connectivity index (χ3v) is 5.27. The fourth-order valence-electron chi connectivity index (χ4n) is 2.18. The highest BCUT2D eigenvalue weighted by atomic mass is 32.2. The summed E-state index contributed by atoms with van der Waals surface area (Å²) in [5.41, 5.74) is 0.847. The molecule has 0 radical (unpaired) electrons. The predicted molar refractivity (Wildman–Crippen MR) is 105 cm³/mol. The van der Waals surface area contributed by atoms with Gasteiger partial charge in [-0.2, -0.15) is 0 Å². The molecule has 1 aromatic carbocycles. The van der Waals surface area contributed by atoms with Gasteiger partial charge in [0.05, 0.1) is 5.75 Å². The standard InChI is InChI=1S/C18H20N2O5S2/c1-12(17(23)19-9-10-20-15(21)11-27-18(20)24)25-16(22)8-5-13-3-6-14(26-2)7-4-13/h3-8,12H,9-11H2,1-2H3,(H,19,23)/b8-5+/t12-/m1/s1. The highest BCUT2D eigenvalue weighted by Gasteiger charge is 2.29. The van der Waals surface area contributed by atoms with Crippen LogP contribution in [0.2, 0.25) is 0 Å². The van der Waals surface area contributed by atoms with E-state index in [0.29, 0.717) is 0 Å². The van der Waals surface area contributed by atoms with E-state index in [9.17, 15) is 19.2 Å². The van der Waals surface area contributed by atoms with Gasteiger partial charge in [0, 0.05) is 24.1 Å². The lowest BCUT2D eigenvalue weighted by molar-refractivity contribution is -0.150. The lowest BCUT2D eigenvalue weighted by Crippen LogP contribution is -2.41. The maximum absolute atomic E-state index is 12.0. The van der Waals surface area contributed by atoms with Crippen LogP contribution in [0.4, 0.5) is 4.79 Å². The largest absolute Gasteiger partial charge is 0.449 e. The number of imide groups is 1. The molecule has 0 aliphatic carbocycles. The van der Waals surface area contributed by atoms with Crippen LogP contribution >= 0.6 is 23.5 Å². The van der Waals surface area contributed by atoms with Crippen LogP contribution in [0, 0.1) is 0 Å². The maximum Gasteiger partial charge on any atom is 0.331 e. The first-order valence-electron chi connectivity index (χ1n) is 8.18. The molecule has 1 aliphatic rings. The number of carbonyl (C=O) groups is 4. The number of nitrogens with zero attached hydrogens (tertiary/aromatic N) is 1. The maximum atomic E-state index is 12.0. The molecule has 1 heterocycles. The number of ether oxygens (including phenoxy) is 1. The minimum atomic E-state index is -0.986. The van der Waals surface area contributed by atoms with Gasteiger partial charge in [-0.05, 0) is 37.0 Å². The van der Waals surface area contributed by atoms with Crippen LogP contribution in [0.15, 0.2) is 35.2 Å². The van der Waals surface area contributed by atoms with Crippen molar-refractivity contribution in [2.24, 2.45) is 0 Å². The van der Waals surface area contributed by atoms with E-state index in [0.717, 1.165) is 27.1 Å². The van der Waals surface area contributed by atoms with E-state index in [1.54, 1.807) is 17.8 Å². The summed E-state index contributed by atoms with van der Waals surface area (Å²) in [7, 11) is 0. The minimum absolute atomic E-state index is 0.100. The summed E-state index contributed by atoms with van der Waals surface area (Å²) in [5.74, 6) is -1.26. The monoisotopic (exact) mass is 408 g/mol. The Bertz CT molecular complexity index is 733. The first-order valence-corrected chi connectivity index (χ1v) is 10.4. The molecule has 0 saturated carbocycles. The van der Waals surface area contributed by atoms with Crippen LogP contribution in [0.3, 0.4) is 0 Å². The Morgan fingerprint density at radius 2 is 2.04 bits per heavy atom. The summed E-state index contributed by atoms with van der Waals surface area (Å²) in [5, 5.41) is 2.23. The van der Waals surface area contributed by atoms with E-state index in [2.05, 4.69) is 5.32 Å². The summed E-state index contributed by atoms with van der Waals surface area (Å²) in [4.78, 5) is 48.9. The van der Waals surface area contributed by atoms with Crippen LogP contribution < -0.4 is 5.32 Å². The minimum Gasteiger partial charge on any atom is -0.449 e. The number of benzene rings is 1. The van der Waals surface area contributed by atoms with Gasteiger partial charge in [0.25, 0.3) is 11.1 Å². The van der Waals surface area contributed by atoms with Gasteiger partial charge in [-0.15, -0.1) is 11.8 Å². The Labute approximate surface area is 165 Å². The van der Waals surface area contributed by atoms with Crippen molar-refractivity contribution in [1.82, 2.24) is 10.2 Å². The van der Waals surface area contributed by atoms with E-state index >= 15 is 0 Å². The van der Waals surface area contributed by atoms with Crippen LogP contribution in [0.5, 0.6) is 0 Å². The van der Waals surface area contributed by atoms with Crippen molar-refractivity contribution in [3.05, 3.63) is 35.9 Å². The van der Waals surface area contributed by atoms with E-state index in [1.807, 2.05) is 30.5 Å². The fraction of sp³-hybridized carbons (Fsp3) is 0.333. The number of nitrogens with one attached hydrogen (secondary N) is 1. The molecule has 3 amide bonds. The van der Waals surface area contributed by atoms with E-state index < -0.39 is 18.0 Å². The quantitative estimate of drug-likeness (QED) is 0.400. The number of amides is 3. The van der Waals surface area contributed by atoms with Gasteiger partial charge in [0.15, 0.2) is 6.10 Å². The molecule has 9 heteroatoms. The van der Waals surface area contributed by atoms with E-state index in [4.69, 9.17) is 4.74 Å². The van der Waals surface area contributed by atoms with Crippen LogP contribution in [0.25, 0.3) is 6.08 Å². The van der Waals surface area contributed by atoms with Crippen molar-refractivity contribution < 1.29 is 23.9 Å². The lowest BCUT2D eigenvalue weighted by Gasteiger charge is -2.15. The van der Waals surface area contributed by atoms with E-state index in [1.165, 1.54) is 13.0 Å². The Morgan fingerprint density at radius 3 is 2.63 bits per heavy atom. The third-order valence-electron chi connectivity index (χ3n) is 3.67. The molecule has 1 N–H and O–H groups in total. The zero-order valence-corrected chi connectivity index (χ0v) is 16.6. The van der Waals surface area contributed by atoms with Crippen molar-refractivity contribution in [2.75, 3.05) is 25.1 Å². The molecule has 144 valence electrons. The highest BCUT2D eigenvalue weighted by molar-refractivity contribution is 8.14. The zero-order chi connectivity index (χ0) is 19.8. The predicted octanol–water partition coefficient (Wildman–Crippen LogP) is 2.17. The molecular weight excluding hydrogens is 388 g/mol. The molecule has 7 nitrogen and oxygen atoms in total. The molecular formula is C18H20N2O5S2. The average molecular weight is 409 g/mol. The van der Waals surface area contributed by atoms with Crippen LogP contribution in [-0.4, -0.2) is 59.1 Å². The van der Waals surface area contributed by atoms with Gasteiger partial charge in [-0.1, -0.05) is 23.9 Å². The summed E-state index contributed by atoms with van der Waals surface area (Å²) >= 11 is 2.57. The Morgan fingerprint density at radius 1 is 1.33 bits per heavy atom. The average Bonchev–Trinajstić information content (AvgIpc) is 2.98. The number of hydrogen-bond donors (Lipinski definition) is 1. The number of esters is 1. The second kappa shape index (κ2) is 10.2. The molecule has 1 aromatic rings. The van der Waals surface area contributed by atoms with Gasteiger partial charge < -0.3 is 10.1 Å². The second-order valence-corrected chi connectivity index (χ2v) is 7.38. The van der Waals surface area contributed by atoms with Crippen LogP contribution in [-0.2, 0) is 19.1 Å². The molecule has 0 spiro atoms. The number of hydrogen-bond acceptors (Lipinski definition) is 7. The smallest absolute Gasteiger partial charge is 0.331 e. The molecule has 1 saturated heterocycles. The summed E-state index contributed by atoms with van der Waals surface area (Å²) in [6, 6.07) is 7.65. The first-order chi connectivity index (χ1) is 12.9. The van der Waals surface area contributed by atoms with Gasteiger partial charge >= 0.3 is 5.97 Å². The second-order valence-electron chi connectivity index (χ2n) is 5.58. The summed E-state index contributed by atoms with van der Waals surface area (Å²) in [6.45, 7) is 1.66. The Kier molecular flexibility index (Phi) is 7.93. The van der Waals surface area contributed by atoms with E-state index in [-0.39, 0.29) is 30.0 Å². The van der Waals surface area contributed by atoms with Gasteiger partial charge in [0.2, 0.25) is 5.91 Å². The normalized spacial score (nSPS) is 15.3. The van der Waals surface area contributed by atoms with Crippen molar-refractivity contribution in [1.29, 1.82) is 0 Å². The van der Waals surface area contributed by atoms with Crippen molar-refractivity contribution in [3.63, 3.8) is 0 Å². The highest BCUT2D eigenvalue weighted by Crippen LogP contribution is 2.17. The van der Waals surface area contributed by atoms with Crippen molar-refractivity contribution in [3.8, 4) is 0 Å². The molecule has 0 aromatic heterocycles. The first kappa shape index (κ1) is 21.0. The topological polar surface area (TPSA) is 92.8 Å². The molecule has 0 bridgehead atoms. The number of carbonyl (C=O) groups excluding carboxylic acids is 4. The molecule has 1 fully saturated rings. The molecule has 1 aliphatic heterocycles. The van der Waals surface area contributed by atoms with Crippen molar-refractivity contribution >= 4 is 52.6 Å². The molecule has 0 unspecified atom stereocenters. The van der Waals surface area contributed by atoms with Gasteiger partial charge in [-0.3, -0.25) is 19.3 Å². The van der Waals surface area contributed by atoms with Crippen molar-refractivity contribution in [2.45, 2.75) is 17.9 Å². The zero-order valence-electron chi connectivity index (χ0n) is 15.0. The SMILES string of the molecule is CSc1ccc(/C=C/C(=O)O[C@H](C)C(=O)NCCN2C(=O)CSC2=O)cc1.